The van der Waals surface area contributed by atoms with E-state index in [1.54, 1.807) is 7.11 Å². The Kier molecular flexibility index (Phi) is 6.10. The van der Waals surface area contributed by atoms with Crippen LogP contribution in [0.15, 0.2) is 0 Å². The van der Waals surface area contributed by atoms with Crippen molar-refractivity contribution in [3.8, 4) is 0 Å². The summed E-state index contributed by atoms with van der Waals surface area (Å²) in [7, 11) is 1.72. The molecule has 0 amide bonds. The van der Waals surface area contributed by atoms with Crippen LogP contribution in [0.5, 0.6) is 0 Å². The molecule has 1 saturated heterocycles. The van der Waals surface area contributed by atoms with Crippen LogP contribution in [0.4, 0.5) is 0 Å². The molecule has 1 unspecified atom stereocenters. The minimum absolute atomic E-state index is 0.531. The number of nitrogens with one attached hydrogen (secondary N) is 2. The van der Waals surface area contributed by atoms with Crippen LogP contribution in [0.2, 0.25) is 0 Å². The lowest BCUT2D eigenvalue weighted by atomic mass is 10.2. The van der Waals surface area contributed by atoms with Gasteiger partial charge in [0.05, 0.1) is 19.8 Å². The predicted octanol–water partition coefficient (Wildman–Crippen LogP) is -0.399. The monoisotopic (exact) mass is 188 g/mol. The Balaban J connectivity index is 1.86. The van der Waals surface area contributed by atoms with Crippen LogP contribution in [0.25, 0.3) is 0 Å². The first-order valence-electron chi connectivity index (χ1n) is 4.94. The molecule has 1 aliphatic heterocycles. The van der Waals surface area contributed by atoms with Crippen molar-refractivity contribution in [2.24, 2.45) is 0 Å². The highest BCUT2D eigenvalue weighted by Crippen LogP contribution is 1.96. The second kappa shape index (κ2) is 7.26. The van der Waals surface area contributed by atoms with Gasteiger partial charge in [0.25, 0.3) is 0 Å². The van der Waals surface area contributed by atoms with Gasteiger partial charge < -0.3 is 20.1 Å². The molecule has 0 aromatic rings. The van der Waals surface area contributed by atoms with E-state index in [1.165, 1.54) is 0 Å². The van der Waals surface area contributed by atoms with Gasteiger partial charge in [0.1, 0.15) is 0 Å². The van der Waals surface area contributed by atoms with E-state index in [4.69, 9.17) is 9.47 Å². The Hall–Kier alpha value is -0.160. The highest BCUT2D eigenvalue weighted by atomic mass is 16.5. The average Bonchev–Trinajstić information content (AvgIpc) is 2.19. The van der Waals surface area contributed by atoms with Crippen molar-refractivity contribution in [2.75, 3.05) is 46.6 Å². The summed E-state index contributed by atoms with van der Waals surface area (Å²) in [5, 5.41) is 6.73. The molecule has 1 aliphatic rings. The van der Waals surface area contributed by atoms with Crippen molar-refractivity contribution in [3.63, 3.8) is 0 Å². The van der Waals surface area contributed by atoms with Gasteiger partial charge in [0, 0.05) is 26.2 Å². The number of methoxy groups -OCH3 is 1. The largest absolute Gasteiger partial charge is 0.383 e. The SMILES string of the molecule is COCCNCCC1COCCN1. The molecular formula is C9H20N2O2. The van der Waals surface area contributed by atoms with E-state index in [0.29, 0.717) is 6.04 Å². The standard InChI is InChI=1S/C9H20N2O2/c1-12-6-4-10-3-2-9-8-13-7-5-11-9/h9-11H,2-8H2,1H3. The van der Waals surface area contributed by atoms with E-state index in [2.05, 4.69) is 10.6 Å². The lowest BCUT2D eigenvalue weighted by molar-refractivity contribution is 0.0741. The van der Waals surface area contributed by atoms with Crippen LogP contribution in [0, 0.1) is 0 Å². The molecule has 0 bridgehead atoms. The van der Waals surface area contributed by atoms with Crippen LogP contribution in [-0.2, 0) is 9.47 Å². The molecular weight excluding hydrogens is 168 g/mol. The van der Waals surface area contributed by atoms with Crippen molar-refractivity contribution in [2.45, 2.75) is 12.5 Å². The molecule has 0 aromatic heterocycles. The zero-order valence-corrected chi connectivity index (χ0v) is 8.34. The number of morpholine rings is 1. The number of ether oxygens (including phenoxy) is 2. The third-order valence-electron chi connectivity index (χ3n) is 2.15. The van der Waals surface area contributed by atoms with Crippen molar-refractivity contribution in [3.05, 3.63) is 0 Å². The third-order valence-corrected chi connectivity index (χ3v) is 2.15. The molecule has 1 fully saturated rings. The molecule has 2 N–H and O–H groups in total. The van der Waals surface area contributed by atoms with E-state index in [9.17, 15) is 0 Å². The zero-order valence-electron chi connectivity index (χ0n) is 8.34. The Morgan fingerprint density at radius 1 is 1.54 bits per heavy atom. The second-order valence-electron chi connectivity index (χ2n) is 3.26. The fraction of sp³-hybridized carbons (Fsp3) is 1.00. The first kappa shape index (κ1) is 10.9. The maximum Gasteiger partial charge on any atom is 0.0620 e. The molecule has 4 heteroatoms. The molecule has 0 spiro atoms. The van der Waals surface area contributed by atoms with Gasteiger partial charge >= 0.3 is 0 Å². The summed E-state index contributed by atoms with van der Waals surface area (Å²) in [6.07, 6.45) is 1.13. The van der Waals surface area contributed by atoms with Crippen molar-refractivity contribution < 1.29 is 9.47 Å². The van der Waals surface area contributed by atoms with Gasteiger partial charge in [-0.2, -0.15) is 0 Å². The van der Waals surface area contributed by atoms with Gasteiger partial charge in [-0.1, -0.05) is 0 Å². The maximum atomic E-state index is 5.35. The van der Waals surface area contributed by atoms with Crippen LogP contribution >= 0.6 is 0 Å². The average molecular weight is 188 g/mol. The Morgan fingerprint density at radius 2 is 2.46 bits per heavy atom. The molecule has 1 rings (SSSR count). The van der Waals surface area contributed by atoms with Gasteiger partial charge in [0.15, 0.2) is 0 Å². The highest BCUT2D eigenvalue weighted by Gasteiger charge is 2.11. The van der Waals surface area contributed by atoms with Gasteiger partial charge in [0.2, 0.25) is 0 Å². The fourth-order valence-electron chi connectivity index (χ4n) is 1.38. The van der Waals surface area contributed by atoms with Crippen molar-refractivity contribution in [1.29, 1.82) is 0 Å². The van der Waals surface area contributed by atoms with Crippen molar-refractivity contribution in [1.82, 2.24) is 10.6 Å². The topological polar surface area (TPSA) is 42.5 Å². The minimum Gasteiger partial charge on any atom is -0.383 e. The summed E-state index contributed by atoms with van der Waals surface area (Å²) in [5.41, 5.74) is 0. The van der Waals surface area contributed by atoms with Gasteiger partial charge in [-0.05, 0) is 13.0 Å². The first-order chi connectivity index (χ1) is 6.43. The number of hydrogen-bond donors (Lipinski definition) is 2. The second-order valence-corrected chi connectivity index (χ2v) is 3.26. The third kappa shape index (κ3) is 5.21. The van der Waals surface area contributed by atoms with Gasteiger partial charge in [-0.25, -0.2) is 0 Å². The van der Waals surface area contributed by atoms with Gasteiger partial charge in [-0.3, -0.25) is 0 Å². The summed E-state index contributed by atoms with van der Waals surface area (Å²) < 4.78 is 10.3. The Morgan fingerprint density at radius 3 is 3.15 bits per heavy atom. The van der Waals surface area contributed by atoms with Crippen LogP contribution in [-0.4, -0.2) is 52.6 Å². The summed E-state index contributed by atoms with van der Waals surface area (Å²) in [5.74, 6) is 0. The van der Waals surface area contributed by atoms with Crippen LogP contribution < -0.4 is 10.6 Å². The van der Waals surface area contributed by atoms with Crippen LogP contribution in [0.3, 0.4) is 0 Å². The summed E-state index contributed by atoms with van der Waals surface area (Å²) >= 11 is 0. The summed E-state index contributed by atoms with van der Waals surface area (Å²) in [6.45, 7) is 5.45. The molecule has 4 nitrogen and oxygen atoms in total. The molecule has 1 heterocycles. The molecule has 0 radical (unpaired) electrons. The van der Waals surface area contributed by atoms with Crippen LogP contribution in [0.1, 0.15) is 6.42 Å². The lowest BCUT2D eigenvalue weighted by Gasteiger charge is -2.23. The number of rotatable bonds is 6. The molecule has 78 valence electrons. The van der Waals surface area contributed by atoms with Gasteiger partial charge in [-0.15, -0.1) is 0 Å². The summed E-state index contributed by atoms with van der Waals surface area (Å²) in [6, 6.07) is 0.531. The first-order valence-corrected chi connectivity index (χ1v) is 4.94. The van der Waals surface area contributed by atoms with Crippen molar-refractivity contribution >= 4 is 0 Å². The normalized spacial score (nSPS) is 23.3. The molecule has 0 aliphatic carbocycles. The Bertz CT molecular complexity index is 116. The minimum atomic E-state index is 0.531. The van der Waals surface area contributed by atoms with E-state index in [1.807, 2.05) is 0 Å². The van der Waals surface area contributed by atoms with E-state index in [0.717, 1.165) is 45.9 Å². The molecule has 0 aromatic carbocycles. The smallest absolute Gasteiger partial charge is 0.0620 e. The van der Waals surface area contributed by atoms with E-state index >= 15 is 0 Å². The van der Waals surface area contributed by atoms with E-state index < -0.39 is 0 Å². The zero-order chi connectivity index (χ0) is 9.36. The summed E-state index contributed by atoms with van der Waals surface area (Å²) in [4.78, 5) is 0. The molecule has 1 atom stereocenters. The highest BCUT2D eigenvalue weighted by molar-refractivity contribution is 4.70. The number of hydrogen-bond acceptors (Lipinski definition) is 4. The lowest BCUT2D eigenvalue weighted by Crippen LogP contribution is -2.42. The molecule has 0 saturated carbocycles. The molecule has 13 heavy (non-hydrogen) atoms. The predicted molar refractivity (Wildman–Crippen MR) is 52.0 cm³/mol. The fourth-order valence-corrected chi connectivity index (χ4v) is 1.38. The maximum absolute atomic E-state index is 5.35. The Labute approximate surface area is 80.0 Å². The quantitative estimate of drug-likeness (QED) is 0.557. The van der Waals surface area contributed by atoms with E-state index in [-0.39, 0.29) is 0 Å².